The molecule has 2 amide bonds. The van der Waals surface area contributed by atoms with Crippen LogP contribution in [0, 0.1) is 5.82 Å². The van der Waals surface area contributed by atoms with Crippen LogP contribution in [0.3, 0.4) is 0 Å². The fourth-order valence-electron chi connectivity index (χ4n) is 1.56. The first-order chi connectivity index (χ1) is 9.25. The van der Waals surface area contributed by atoms with Gasteiger partial charge in [-0.1, -0.05) is 24.3 Å². The third-order valence-electron chi connectivity index (χ3n) is 2.57. The Morgan fingerprint density at radius 1 is 1.11 bits per heavy atom. The first kappa shape index (κ1) is 13.0. The highest BCUT2D eigenvalue weighted by Gasteiger charge is 2.03. The fraction of sp³-hybridized carbons (Fsp3) is 0.143. The summed E-state index contributed by atoms with van der Waals surface area (Å²) in [6, 6.07) is 9.67. The number of nitrogens with zero attached hydrogens (tertiary/aromatic N) is 1. The van der Waals surface area contributed by atoms with Crippen LogP contribution < -0.4 is 10.6 Å². The number of aromatic nitrogens is 1. The van der Waals surface area contributed by atoms with E-state index in [2.05, 4.69) is 15.6 Å². The van der Waals surface area contributed by atoms with E-state index in [1.165, 1.54) is 6.07 Å². The maximum absolute atomic E-state index is 13.3. The highest BCUT2D eigenvalue weighted by atomic mass is 19.1. The zero-order chi connectivity index (χ0) is 13.5. The molecule has 1 aromatic carbocycles. The summed E-state index contributed by atoms with van der Waals surface area (Å²) in [4.78, 5) is 15.5. The molecule has 2 N–H and O–H groups in total. The van der Waals surface area contributed by atoms with E-state index in [-0.39, 0.29) is 18.4 Å². The Balaban J connectivity index is 1.78. The molecule has 19 heavy (non-hydrogen) atoms. The molecule has 4 nitrogen and oxygen atoms in total. The number of nitrogens with one attached hydrogen (secondary N) is 2. The van der Waals surface area contributed by atoms with Crippen molar-refractivity contribution >= 4 is 6.03 Å². The fourth-order valence-corrected chi connectivity index (χ4v) is 1.56. The molecule has 2 aromatic rings. The first-order valence-electron chi connectivity index (χ1n) is 5.90. The van der Waals surface area contributed by atoms with E-state index in [1.807, 2.05) is 6.07 Å². The molecule has 2 rings (SSSR count). The third-order valence-corrected chi connectivity index (χ3v) is 2.57. The smallest absolute Gasteiger partial charge is 0.315 e. The van der Waals surface area contributed by atoms with Gasteiger partial charge in [0.05, 0.1) is 0 Å². The number of urea groups is 1. The highest BCUT2D eigenvalue weighted by Crippen LogP contribution is 2.05. The summed E-state index contributed by atoms with van der Waals surface area (Å²) in [5.41, 5.74) is 1.36. The Morgan fingerprint density at radius 2 is 1.89 bits per heavy atom. The second-order valence-electron chi connectivity index (χ2n) is 3.99. The molecule has 5 heteroatoms. The number of carbonyl (C=O) groups is 1. The third kappa shape index (κ3) is 4.06. The van der Waals surface area contributed by atoms with Crippen molar-refractivity contribution in [2.45, 2.75) is 13.1 Å². The van der Waals surface area contributed by atoms with E-state index in [4.69, 9.17) is 0 Å². The zero-order valence-electron chi connectivity index (χ0n) is 10.3. The molecular formula is C14H14FN3O. The molecule has 0 spiro atoms. The minimum absolute atomic E-state index is 0.158. The van der Waals surface area contributed by atoms with Gasteiger partial charge in [-0.25, -0.2) is 9.18 Å². The number of rotatable bonds is 4. The highest BCUT2D eigenvalue weighted by molar-refractivity contribution is 5.73. The van der Waals surface area contributed by atoms with Crippen molar-refractivity contribution in [1.82, 2.24) is 15.6 Å². The molecule has 1 heterocycles. The first-order valence-corrected chi connectivity index (χ1v) is 5.90. The van der Waals surface area contributed by atoms with Gasteiger partial charge in [-0.3, -0.25) is 4.98 Å². The lowest BCUT2D eigenvalue weighted by Crippen LogP contribution is -2.34. The lowest BCUT2D eigenvalue weighted by molar-refractivity contribution is 0.240. The van der Waals surface area contributed by atoms with Gasteiger partial charge >= 0.3 is 6.03 Å². The summed E-state index contributed by atoms with van der Waals surface area (Å²) in [5, 5.41) is 5.28. The predicted molar refractivity (Wildman–Crippen MR) is 69.7 cm³/mol. The topological polar surface area (TPSA) is 54.0 Å². The number of amides is 2. The Labute approximate surface area is 110 Å². The summed E-state index contributed by atoms with van der Waals surface area (Å²) in [6.07, 6.45) is 3.35. The molecule has 0 atom stereocenters. The van der Waals surface area contributed by atoms with Crippen LogP contribution in [0.5, 0.6) is 0 Å². The van der Waals surface area contributed by atoms with Crippen molar-refractivity contribution in [3.63, 3.8) is 0 Å². The van der Waals surface area contributed by atoms with E-state index in [9.17, 15) is 9.18 Å². The van der Waals surface area contributed by atoms with E-state index >= 15 is 0 Å². The standard InChI is InChI=1S/C14H14FN3O/c15-13-6-2-1-5-12(13)10-18-14(19)17-9-11-4-3-7-16-8-11/h1-8H,9-10H2,(H2,17,18,19). The molecule has 0 aliphatic carbocycles. The molecule has 0 unspecified atom stereocenters. The van der Waals surface area contributed by atoms with Crippen molar-refractivity contribution in [1.29, 1.82) is 0 Å². The average molecular weight is 259 g/mol. The van der Waals surface area contributed by atoms with Crippen LogP contribution in [0.25, 0.3) is 0 Å². The Morgan fingerprint density at radius 3 is 2.63 bits per heavy atom. The maximum atomic E-state index is 13.3. The molecule has 0 saturated heterocycles. The van der Waals surface area contributed by atoms with Gasteiger partial charge in [-0.05, 0) is 17.7 Å². The van der Waals surface area contributed by atoms with Gasteiger partial charge in [0, 0.05) is 31.0 Å². The second kappa shape index (κ2) is 6.49. The monoisotopic (exact) mass is 259 g/mol. The molecule has 0 fully saturated rings. The summed E-state index contributed by atoms with van der Waals surface area (Å²) in [5.74, 6) is -0.324. The van der Waals surface area contributed by atoms with Crippen LogP contribution >= 0.6 is 0 Å². The summed E-state index contributed by atoms with van der Waals surface area (Å²) >= 11 is 0. The van der Waals surface area contributed by atoms with Gasteiger partial charge in [0.15, 0.2) is 0 Å². The average Bonchev–Trinajstić information content (AvgIpc) is 2.45. The number of halogens is 1. The van der Waals surface area contributed by atoms with Gasteiger partial charge in [0.1, 0.15) is 5.82 Å². The van der Waals surface area contributed by atoms with E-state index < -0.39 is 0 Å². The predicted octanol–water partition coefficient (Wildman–Crippen LogP) is 2.22. The van der Waals surface area contributed by atoms with Crippen molar-refractivity contribution in [3.8, 4) is 0 Å². The number of benzene rings is 1. The van der Waals surface area contributed by atoms with Crippen LogP contribution in [0.4, 0.5) is 9.18 Å². The maximum Gasteiger partial charge on any atom is 0.315 e. The van der Waals surface area contributed by atoms with Crippen molar-refractivity contribution in [3.05, 3.63) is 65.7 Å². The summed E-state index contributed by atoms with van der Waals surface area (Å²) in [6.45, 7) is 0.544. The van der Waals surface area contributed by atoms with Crippen LogP contribution in [0.1, 0.15) is 11.1 Å². The largest absolute Gasteiger partial charge is 0.334 e. The summed E-state index contributed by atoms with van der Waals surface area (Å²) in [7, 11) is 0. The number of hydrogen-bond donors (Lipinski definition) is 2. The van der Waals surface area contributed by atoms with Crippen LogP contribution in [0.2, 0.25) is 0 Å². The molecule has 0 aliphatic heterocycles. The van der Waals surface area contributed by atoms with Crippen LogP contribution in [0.15, 0.2) is 48.8 Å². The Kier molecular flexibility index (Phi) is 4.44. The van der Waals surface area contributed by atoms with Gasteiger partial charge in [-0.2, -0.15) is 0 Å². The molecule has 0 saturated carbocycles. The lowest BCUT2D eigenvalue weighted by atomic mass is 10.2. The van der Waals surface area contributed by atoms with Crippen molar-refractivity contribution in [2.24, 2.45) is 0 Å². The van der Waals surface area contributed by atoms with Gasteiger partial charge in [0.2, 0.25) is 0 Å². The molecule has 0 radical (unpaired) electrons. The zero-order valence-corrected chi connectivity index (χ0v) is 10.3. The van der Waals surface area contributed by atoms with Crippen LogP contribution in [-0.2, 0) is 13.1 Å². The minimum atomic E-state index is -0.341. The van der Waals surface area contributed by atoms with Gasteiger partial charge < -0.3 is 10.6 Å². The molecular weight excluding hydrogens is 245 g/mol. The number of hydrogen-bond acceptors (Lipinski definition) is 2. The molecule has 0 bridgehead atoms. The Bertz CT molecular complexity index is 545. The quantitative estimate of drug-likeness (QED) is 0.884. The SMILES string of the molecule is O=C(NCc1cccnc1)NCc1ccccc1F. The number of pyridine rings is 1. The molecule has 1 aromatic heterocycles. The van der Waals surface area contributed by atoms with Gasteiger partial charge in [-0.15, -0.1) is 0 Å². The number of carbonyl (C=O) groups excluding carboxylic acids is 1. The van der Waals surface area contributed by atoms with Crippen molar-refractivity contribution in [2.75, 3.05) is 0 Å². The molecule has 98 valence electrons. The lowest BCUT2D eigenvalue weighted by Gasteiger charge is -2.08. The van der Waals surface area contributed by atoms with E-state index in [0.717, 1.165) is 5.56 Å². The molecule has 0 aliphatic rings. The summed E-state index contributed by atoms with van der Waals surface area (Å²) < 4.78 is 13.3. The Hall–Kier alpha value is -2.43. The minimum Gasteiger partial charge on any atom is -0.334 e. The van der Waals surface area contributed by atoms with Crippen LogP contribution in [-0.4, -0.2) is 11.0 Å². The van der Waals surface area contributed by atoms with Gasteiger partial charge in [0.25, 0.3) is 0 Å². The van der Waals surface area contributed by atoms with E-state index in [1.54, 1.807) is 36.7 Å². The normalized spacial score (nSPS) is 9.95. The van der Waals surface area contributed by atoms with E-state index in [0.29, 0.717) is 12.1 Å². The van der Waals surface area contributed by atoms with Crippen molar-refractivity contribution < 1.29 is 9.18 Å². The second-order valence-corrected chi connectivity index (χ2v) is 3.99.